The second-order valence-corrected chi connectivity index (χ2v) is 3.66. The molecule has 1 aliphatic heterocycles. The van der Waals surface area contributed by atoms with Crippen LogP contribution >= 0.6 is 15.9 Å². The monoisotopic (exact) mass is 216 g/mol. The second-order valence-electron chi connectivity index (χ2n) is 2.81. The number of aromatic nitrogens is 2. The molecule has 0 aromatic carbocycles. The number of hydrogen-bond donors (Lipinski definition) is 1. The summed E-state index contributed by atoms with van der Waals surface area (Å²) in [5.41, 5.74) is 1.11. The Morgan fingerprint density at radius 1 is 1.73 bits per heavy atom. The molecule has 0 saturated carbocycles. The SMILES string of the molecule is OC1CCn2ncc(Br)c2C1. The van der Waals surface area contributed by atoms with Crippen LogP contribution in [0.25, 0.3) is 0 Å². The van der Waals surface area contributed by atoms with Gasteiger partial charge < -0.3 is 5.11 Å². The van der Waals surface area contributed by atoms with Gasteiger partial charge in [-0.15, -0.1) is 0 Å². The molecule has 0 amide bonds. The number of nitrogens with zero attached hydrogens (tertiary/aromatic N) is 2. The summed E-state index contributed by atoms with van der Waals surface area (Å²) in [7, 11) is 0. The highest BCUT2D eigenvalue weighted by Gasteiger charge is 2.18. The maximum absolute atomic E-state index is 9.34. The average molecular weight is 217 g/mol. The summed E-state index contributed by atoms with van der Waals surface area (Å²) >= 11 is 3.39. The Kier molecular flexibility index (Phi) is 1.73. The minimum absolute atomic E-state index is 0.185. The van der Waals surface area contributed by atoms with Gasteiger partial charge in [0.1, 0.15) is 0 Å². The highest BCUT2D eigenvalue weighted by atomic mass is 79.9. The average Bonchev–Trinajstić information content (AvgIpc) is 2.33. The fourth-order valence-electron chi connectivity index (χ4n) is 1.38. The van der Waals surface area contributed by atoms with Crippen molar-refractivity contribution in [3.8, 4) is 0 Å². The fraction of sp³-hybridized carbons (Fsp3) is 0.571. The molecule has 1 aromatic rings. The van der Waals surface area contributed by atoms with Crippen molar-refractivity contribution in [1.82, 2.24) is 9.78 Å². The third kappa shape index (κ3) is 1.20. The summed E-state index contributed by atoms with van der Waals surface area (Å²) in [6, 6.07) is 0. The van der Waals surface area contributed by atoms with Gasteiger partial charge in [-0.25, -0.2) is 0 Å². The van der Waals surface area contributed by atoms with Gasteiger partial charge in [0.2, 0.25) is 0 Å². The Labute approximate surface area is 73.2 Å². The lowest BCUT2D eigenvalue weighted by molar-refractivity contribution is 0.140. The normalized spacial score (nSPS) is 23.3. The van der Waals surface area contributed by atoms with Gasteiger partial charge >= 0.3 is 0 Å². The molecule has 11 heavy (non-hydrogen) atoms. The van der Waals surface area contributed by atoms with Crippen LogP contribution in [0.15, 0.2) is 10.7 Å². The molecule has 0 bridgehead atoms. The number of fused-ring (bicyclic) bond motifs is 1. The summed E-state index contributed by atoms with van der Waals surface area (Å²) in [6.45, 7) is 0.835. The number of rotatable bonds is 0. The smallest absolute Gasteiger partial charge is 0.0635 e. The predicted octanol–water partition coefficient (Wildman–Crippen LogP) is 0.953. The van der Waals surface area contributed by atoms with E-state index in [1.54, 1.807) is 6.20 Å². The number of hydrogen-bond acceptors (Lipinski definition) is 2. The Hall–Kier alpha value is -0.350. The molecule has 1 atom stereocenters. The maximum Gasteiger partial charge on any atom is 0.0635 e. The van der Waals surface area contributed by atoms with Crippen molar-refractivity contribution in [3.63, 3.8) is 0 Å². The van der Waals surface area contributed by atoms with Crippen molar-refractivity contribution in [1.29, 1.82) is 0 Å². The van der Waals surface area contributed by atoms with Crippen LogP contribution in [0.3, 0.4) is 0 Å². The van der Waals surface area contributed by atoms with Crippen LogP contribution in [0.4, 0.5) is 0 Å². The van der Waals surface area contributed by atoms with Gasteiger partial charge in [-0.1, -0.05) is 0 Å². The number of aliphatic hydroxyl groups excluding tert-OH is 1. The molecule has 0 fully saturated rings. The molecule has 0 spiro atoms. The van der Waals surface area contributed by atoms with Crippen molar-refractivity contribution >= 4 is 15.9 Å². The van der Waals surface area contributed by atoms with E-state index in [1.165, 1.54) is 0 Å². The lowest BCUT2D eigenvalue weighted by Crippen LogP contribution is -2.23. The Bertz CT molecular complexity index is 271. The van der Waals surface area contributed by atoms with Gasteiger partial charge in [0, 0.05) is 13.0 Å². The first kappa shape index (κ1) is 7.31. The van der Waals surface area contributed by atoms with Gasteiger partial charge in [0.15, 0.2) is 0 Å². The van der Waals surface area contributed by atoms with E-state index in [0.717, 1.165) is 29.6 Å². The molecule has 1 unspecified atom stereocenters. The van der Waals surface area contributed by atoms with Crippen LogP contribution in [0.2, 0.25) is 0 Å². The lowest BCUT2D eigenvalue weighted by atomic mass is 10.1. The van der Waals surface area contributed by atoms with Gasteiger partial charge in [-0.05, 0) is 22.4 Å². The molecule has 60 valence electrons. The first-order valence-corrected chi connectivity index (χ1v) is 4.45. The highest BCUT2D eigenvalue weighted by Crippen LogP contribution is 2.22. The summed E-state index contributed by atoms with van der Waals surface area (Å²) < 4.78 is 2.95. The second kappa shape index (κ2) is 2.60. The highest BCUT2D eigenvalue weighted by molar-refractivity contribution is 9.10. The molecule has 0 radical (unpaired) electrons. The third-order valence-corrected chi connectivity index (χ3v) is 2.66. The van der Waals surface area contributed by atoms with Gasteiger partial charge in [-0.2, -0.15) is 5.10 Å². The minimum atomic E-state index is -0.185. The molecule has 3 nitrogen and oxygen atoms in total. The van der Waals surface area contributed by atoms with Crippen LogP contribution in [0.5, 0.6) is 0 Å². The van der Waals surface area contributed by atoms with Crippen molar-refractivity contribution in [2.45, 2.75) is 25.5 Å². The minimum Gasteiger partial charge on any atom is -0.393 e. The quantitative estimate of drug-likeness (QED) is 0.702. The molecule has 1 aromatic heterocycles. The van der Waals surface area contributed by atoms with E-state index in [4.69, 9.17) is 0 Å². The zero-order valence-electron chi connectivity index (χ0n) is 6.00. The maximum atomic E-state index is 9.34. The standard InChI is InChI=1S/C7H9BrN2O/c8-6-4-9-10-2-1-5(11)3-7(6)10/h4-5,11H,1-3H2. The molecule has 0 aliphatic carbocycles. The van der Waals surface area contributed by atoms with Crippen LogP contribution in [0.1, 0.15) is 12.1 Å². The number of aryl methyl sites for hydroxylation is 1. The van der Waals surface area contributed by atoms with E-state index in [0.29, 0.717) is 0 Å². The molecule has 2 heterocycles. The molecule has 1 N–H and O–H groups in total. The van der Waals surface area contributed by atoms with Gasteiger partial charge in [-0.3, -0.25) is 4.68 Å². The topological polar surface area (TPSA) is 38.0 Å². The van der Waals surface area contributed by atoms with Gasteiger partial charge in [0.25, 0.3) is 0 Å². The molecular formula is C7H9BrN2O. The van der Waals surface area contributed by atoms with E-state index in [9.17, 15) is 5.11 Å². The summed E-state index contributed by atoms with van der Waals surface area (Å²) in [5.74, 6) is 0. The van der Waals surface area contributed by atoms with Crippen molar-refractivity contribution < 1.29 is 5.11 Å². The first-order chi connectivity index (χ1) is 5.27. The lowest BCUT2D eigenvalue weighted by Gasteiger charge is -2.18. The zero-order valence-corrected chi connectivity index (χ0v) is 7.58. The number of aliphatic hydroxyl groups is 1. The molecule has 2 rings (SSSR count). The summed E-state index contributed by atoms with van der Waals surface area (Å²) in [6.07, 6.45) is 3.14. The molecule has 1 aliphatic rings. The van der Waals surface area contributed by atoms with E-state index < -0.39 is 0 Å². The first-order valence-electron chi connectivity index (χ1n) is 3.65. The zero-order chi connectivity index (χ0) is 7.84. The Morgan fingerprint density at radius 3 is 3.36 bits per heavy atom. The Balaban J connectivity index is 2.37. The van der Waals surface area contributed by atoms with Crippen LogP contribution in [0, 0.1) is 0 Å². The van der Waals surface area contributed by atoms with Crippen molar-refractivity contribution in [2.24, 2.45) is 0 Å². The third-order valence-electron chi connectivity index (χ3n) is 2.00. The van der Waals surface area contributed by atoms with Crippen LogP contribution in [-0.4, -0.2) is 21.0 Å². The predicted molar refractivity (Wildman–Crippen MR) is 44.3 cm³/mol. The number of halogens is 1. The van der Waals surface area contributed by atoms with Crippen LogP contribution < -0.4 is 0 Å². The molecule has 0 saturated heterocycles. The van der Waals surface area contributed by atoms with Crippen molar-refractivity contribution in [2.75, 3.05) is 0 Å². The fourth-order valence-corrected chi connectivity index (χ4v) is 1.84. The largest absolute Gasteiger partial charge is 0.393 e. The Morgan fingerprint density at radius 2 is 2.55 bits per heavy atom. The van der Waals surface area contributed by atoms with E-state index in [2.05, 4.69) is 21.0 Å². The van der Waals surface area contributed by atoms with Gasteiger partial charge in [0.05, 0.1) is 22.5 Å². The van der Waals surface area contributed by atoms with Crippen LogP contribution in [-0.2, 0) is 13.0 Å². The van der Waals surface area contributed by atoms with Crippen molar-refractivity contribution in [3.05, 3.63) is 16.4 Å². The van der Waals surface area contributed by atoms with E-state index in [-0.39, 0.29) is 6.10 Å². The van der Waals surface area contributed by atoms with E-state index >= 15 is 0 Å². The molecular weight excluding hydrogens is 208 g/mol. The van der Waals surface area contributed by atoms with E-state index in [1.807, 2.05) is 4.68 Å². The summed E-state index contributed by atoms with van der Waals surface area (Å²) in [5, 5.41) is 13.5. The summed E-state index contributed by atoms with van der Waals surface area (Å²) in [4.78, 5) is 0. The molecule has 4 heteroatoms.